The van der Waals surface area contributed by atoms with Crippen LogP contribution in [0.5, 0.6) is 0 Å². The second-order valence-electron chi connectivity index (χ2n) is 6.40. The summed E-state index contributed by atoms with van der Waals surface area (Å²) in [5.74, 6) is -1.38. The van der Waals surface area contributed by atoms with E-state index in [1.54, 1.807) is 18.2 Å². The number of amides is 1. The first-order chi connectivity index (χ1) is 14.6. The minimum atomic E-state index is -0.640. The normalized spacial score (nSPS) is 9.97. The van der Waals surface area contributed by atoms with E-state index in [0.717, 1.165) is 11.1 Å². The molecular weight excluding hydrogens is 380 g/mol. The highest BCUT2D eigenvalue weighted by Gasteiger charge is 2.12. The molecule has 0 aliphatic carbocycles. The lowest BCUT2D eigenvalue weighted by atomic mass is 10.0. The number of ether oxygens (including phenoxy) is 1. The third-order valence-electron chi connectivity index (χ3n) is 4.29. The number of esters is 1. The fraction of sp³-hybridized carbons (Fsp3) is 0.0833. The molecule has 3 aromatic carbocycles. The van der Waals surface area contributed by atoms with Gasteiger partial charge in [-0.3, -0.25) is 9.59 Å². The Morgan fingerprint density at radius 3 is 2.03 bits per heavy atom. The Kier molecular flexibility index (Phi) is 6.70. The van der Waals surface area contributed by atoms with Crippen molar-refractivity contribution in [1.29, 1.82) is 5.26 Å². The summed E-state index contributed by atoms with van der Waals surface area (Å²) in [5.41, 5.74) is 3.21. The van der Waals surface area contributed by atoms with Crippen LogP contribution in [0.4, 0.5) is 5.69 Å². The molecule has 0 radical (unpaired) electrons. The molecule has 0 fully saturated rings. The Labute approximate surface area is 173 Å². The van der Waals surface area contributed by atoms with Gasteiger partial charge >= 0.3 is 5.97 Å². The van der Waals surface area contributed by atoms with Gasteiger partial charge in [0.2, 0.25) is 5.91 Å². The number of carbonyl (C=O) groups excluding carboxylic acids is 3. The lowest BCUT2D eigenvalue weighted by Crippen LogP contribution is -2.14. The van der Waals surface area contributed by atoms with Crippen molar-refractivity contribution in [2.75, 3.05) is 11.9 Å². The number of nitriles is 1. The average Bonchev–Trinajstić information content (AvgIpc) is 2.78. The van der Waals surface area contributed by atoms with Crippen LogP contribution in [0.2, 0.25) is 0 Å². The zero-order chi connectivity index (χ0) is 21.3. The largest absolute Gasteiger partial charge is 0.454 e. The minimum absolute atomic E-state index is 0.250. The summed E-state index contributed by atoms with van der Waals surface area (Å²) in [5, 5.41) is 11.0. The summed E-state index contributed by atoms with van der Waals surface area (Å²) in [6.07, 6.45) is -0.252. The van der Waals surface area contributed by atoms with Gasteiger partial charge in [-0.1, -0.05) is 54.6 Å². The molecule has 3 aromatic rings. The van der Waals surface area contributed by atoms with Crippen LogP contribution < -0.4 is 5.32 Å². The van der Waals surface area contributed by atoms with Gasteiger partial charge in [-0.15, -0.1) is 0 Å². The van der Waals surface area contributed by atoms with Crippen LogP contribution in [-0.2, 0) is 9.53 Å². The van der Waals surface area contributed by atoms with Gasteiger partial charge in [-0.2, -0.15) is 5.26 Å². The van der Waals surface area contributed by atoms with Crippen molar-refractivity contribution in [2.45, 2.75) is 6.42 Å². The average molecular weight is 398 g/mol. The van der Waals surface area contributed by atoms with E-state index in [-0.39, 0.29) is 24.4 Å². The number of nitrogens with zero attached hydrogens (tertiary/aromatic N) is 1. The van der Waals surface area contributed by atoms with Gasteiger partial charge < -0.3 is 10.1 Å². The number of hydrogen-bond donors (Lipinski definition) is 1. The Balaban J connectivity index is 1.55. The fourth-order valence-electron chi connectivity index (χ4n) is 2.74. The van der Waals surface area contributed by atoms with Crippen LogP contribution in [-0.4, -0.2) is 24.3 Å². The van der Waals surface area contributed by atoms with E-state index in [2.05, 4.69) is 5.32 Å². The van der Waals surface area contributed by atoms with Gasteiger partial charge in [0.1, 0.15) is 6.42 Å². The highest BCUT2D eigenvalue weighted by Crippen LogP contribution is 2.19. The number of ketones is 1. The van der Waals surface area contributed by atoms with Gasteiger partial charge in [-0.05, 0) is 35.4 Å². The van der Waals surface area contributed by atoms with Crippen LogP contribution in [0.1, 0.15) is 27.1 Å². The van der Waals surface area contributed by atoms with Gasteiger partial charge in [0.15, 0.2) is 12.4 Å². The summed E-state index contributed by atoms with van der Waals surface area (Å²) >= 11 is 0. The van der Waals surface area contributed by atoms with Gasteiger partial charge in [-0.25, -0.2) is 4.79 Å². The van der Waals surface area contributed by atoms with Crippen LogP contribution in [0, 0.1) is 11.3 Å². The minimum Gasteiger partial charge on any atom is -0.454 e. The molecule has 0 aliphatic rings. The summed E-state index contributed by atoms with van der Waals surface area (Å²) < 4.78 is 5.10. The molecule has 0 aromatic heterocycles. The highest BCUT2D eigenvalue weighted by atomic mass is 16.5. The molecule has 0 unspecified atom stereocenters. The molecule has 0 saturated carbocycles. The Morgan fingerprint density at radius 2 is 1.40 bits per heavy atom. The zero-order valence-corrected chi connectivity index (χ0v) is 16.0. The maximum Gasteiger partial charge on any atom is 0.338 e. The van der Waals surface area contributed by atoms with Crippen molar-refractivity contribution in [3.05, 3.63) is 90.0 Å². The molecule has 1 amide bonds. The van der Waals surface area contributed by atoms with Crippen LogP contribution in [0.3, 0.4) is 0 Å². The van der Waals surface area contributed by atoms with E-state index in [0.29, 0.717) is 11.3 Å². The maximum atomic E-state index is 12.3. The predicted molar refractivity (Wildman–Crippen MR) is 112 cm³/mol. The third-order valence-corrected chi connectivity index (χ3v) is 4.29. The Morgan fingerprint density at radius 1 is 0.800 bits per heavy atom. The molecule has 0 bridgehead atoms. The second kappa shape index (κ2) is 9.80. The van der Waals surface area contributed by atoms with E-state index in [1.165, 1.54) is 24.3 Å². The molecule has 1 N–H and O–H groups in total. The van der Waals surface area contributed by atoms with Gasteiger partial charge in [0.05, 0.1) is 11.6 Å². The van der Waals surface area contributed by atoms with Crippen molar-refractivity contribution in [3.8, 4) is 17.2 Å². The molecule has 3 rings (SSSR count). The van der Waals surface area contributed by atoms with Crippen molar-refractivity contribution >= 4 is 23.3 Å². The van der Waals surface area contributed by atoms with Gasteiger partial charge in [0, 0.05) is 11.3 Å². The van der Waals surface area contributed by atoms with E-state index in [1.807, 2.05) is 42.5 Å². The molecule has 0 aliphatic heterocycles. The van der Waals surface area contributed by atoms with Crippen LogP contribution >= 0.6 is 0 Å². The number of nitrogens with one attached hydrogen (secondary N) is 1. The van der Waals surface area contributed by atoms with Crippen LogP contribution in [0.15, 0.2) is 78.9 Å². The molecule has 0 heterocycles. The monoisotopic (exact) mass is 398 g/mol. The smallest absolute Gasteiger partial charge is 0.338 e. The zero-order valence-electron chi connectivity index (χ0n) is 16.0. The molecule has 30 heavy (non-hydrogen) atoms. The summed E-state index contributed by atoms with van der Waals surface area (Å²) in [7, 11) is 0. The van der Waals surface area contributed by atoms with E-state index in [4.69, 9.17) is 10.00 Å². The lowest BCUT2D eigenvalue weighted by molar-refractivity contribution is -0.115. The van der Waals surface area contributed by atoms with Gasteiger partial charge in [0.25, 0.3) is 0 Å². The Hall–Kier alpha value is -4.24. The summed E-state index contributed by atoms with van der Waals surface area (Å²) in [6, 6.07) is 24.7. The van der Waals surface area contributed by atoms with E-state index >= 15 is 0 Å². The lowest BCUT2D eigenvalue weighted by Gasteiger charge is -2.07. The van der Waals surface area contributed by atoms with Crippen LogP contribution in [0.25, 0.3) is 11.1 Å². The maximum absolute atomic E-state index is 12.3. The first-order valence-electron chi connectivity index (χ1n) is 9.19. The van der Waals surface area contributed by atoms with E-state index in [9.17, 15) is 14.4 Å². The fourth-order valence-corrected chi connectivity index (χ4v) is 2.74. The summed E-state index contributed by atoms with van der Waals surface area (Å²) in [6.45, 7) is -0.371. The van der Waals surface area contributed by atoms with Crippen molar-refractivity contribution in [3.63, 3.8) is 0 Å². The van der Waals surface area contributed by atoms with E-state index < -0.39 is 11.9 Å². The summed E-state index contributed by atoms with van der Waals surface area (Å²) in [4.78, 5) is 35.8. The number of benzene rings is 3. The first kappa shape index (κ1) is 20.5. The molecule has 148 valence electrons. The van der Waals surface area contributed by atoms with Crippen molar-refractivity contribution in [2.24, 2.45) is 0 Å². The topological polar surface area (TPSA) is 96.3 Å². The quantitative estimate of drug-likeness (QED) is 0.474. The molecule has 6 heteroatoms. The highest BCUT2D eigenvalue weighted by molar-refractivity contribution is 6.00. The Bertz CT molecular complexity index is 1080. The standard InChI is InChI=1S/C24H18N2O4/c25-15-14-23(28)26-21-12-10-20(11-13-21)24(29)30-16-22(27)19-8-6-18(7-9-19)17-4-2-1-3-5-17/h1-13H,14,16H2,(H,26,28). The molecule has 6 nitrogen and oxygen atoms in total. The predicted octanol–water partition coefficient (Wildman–Crippen LogP) is 4.25. The molecule has 0 saturated heterocycles. The number of carbonyl (C=O) groups is 3. The number of anilines is 1. The third kappa shape index (κ3) is 5.40. The second-order valence-corrected chi connectivity index (χ2v) is 6.40. The molecule has 0 atom stereocenters. The first-order valence-corrected chi connectivity index (χ1v) is 9.19. The number of hydrogen-bond acceptors (Lipinski definition) is 5. The molecular formula is C24H18N2O4. The number of Topliss-reactive ketones (excluding diaryl/α,β-unsaturated/α-hetero) is 1. The number of rotatable bonds is 7. The SMILES string of the molecule is N#CCC(=O)Nc1ccc(C(=O)OCC(=O)c2ccc(-c3ccccc3)cc2)cc1. The van der Waals surface area contributed by atoms with Crippen molar-refractivity contribution in [1.82, 2.24) is 0 Å². The van der Waals surface area contributed by atoms with Crippen molar-refractivity contribution < 1.29 is 19.1 Å². The molecule has 0 spiro atoms.